The zero-order chi connectivity index (χ0) is 11.7. The van der Waals surface area contributed by atoms with E-state index in [0.717, 1.165) is 0 Å². The van der Waals surface area contributed by atoms with Crippen LogP contribution in [-0.4, -0.2) is 15.4 Å². The Kier molecular flexibility index (Phi) is 7.96. The molecule has 0 aliphatic heterocycles. The Morgan fingerprint density at radius 3 is 2.33 bits per heavy atom. The number of hydrogen-bond donors (Lipinski definition) is 0. The summed E-state index contributed by atoms with van der Waals surface area (Å²) in [6.07, 6.45) is 6.65. The molecule has 0 bridgehead atoms. The highest BCUT2D eigenvalue weighted by atomic mass is 28.3. The Labute approximate surface area is 98.5 Å². The zero-order valence-electron chi connectivity index (χ0n) is 11.3. The van der Waals surface area contributed by atoms with Crippen LogP contribution in [0, 0.1) is 17.4 Å². The molecule has 0 aromatic heterocycles. The predicted octanol–water partition coefficient (Wildman–Crippen LogP) is 3.97. The van der Waals surface area contributed by atoms with E-state index in [-0.39, 0.29) is 0 Å². The quantitative estimate of drug-likeness (QED) is 0.362. The molecular formula is C13H27BSi. The number of rotatable bonds is 6. The molecule has 0 aromatic rings. The SMILES string of the molecule is CCCCBCC(C#C[Si](C)(C)C)CC. The summed E-state index contributed by atoms with van der Waals surface area (Å²) in [5.41, 5.74) is 3.50. The van der Waals surface area contributed by atoms with E-state index in [1.807, 2.05) is 0 Å². The second-order valence-electron chi connectivity index (χ2n) is 5.47. The van der Waals surface area contributed by atoms with Gasteiger partial charge in [0.25, 0.3) is 0 Å². The lowest BCUT2D eigenvalue weighted by Gasteiger charge is -2.09. The first-order valence-corrected chi connectivity index (χ1v) is 10.0. The van der Waals surface area contributed by atoms with Crippen molar-refractivity contribution in [3.8, 4) is 11.5 Å². The summed E-state index contributed by atoms with van der Waals surface area (Å²) >= 11 is 0. The highest BCUT2D eigenvalue weighted by Crippen LogP contribution is 2.10. The number of unbranched alkanes of at least 4 members (excludes halogenated alkanes) is 1. The molecule has 1 unspecified atom stereocenters. The molecule has 0 fully saturated rings. The van der Waals surface area contributed by atoms with Crippen molar-refractivity contribution in [2.45, 2.75) is 65.4 Å². The molecule has 0 aliphatic rings. The molecule has 86 valence electrons. The Hall–Kier alpha value is -0.158. The van der Waals surface area contributed by atoms with Crippen LogP contribution in [0.25, 0.3) is 0 Å². The lowest BCUT2D eigenvalue weighted by molar-refractivity contribution is 0.715. The Morgan fingerprint density at radius 1 is 1.20 bits per heavy atom. The van der Waals surface area contributed by atoms with Gasteiger partial charge in [0, 0.05) is 5.92 Å². The van der Waals surface area contributed by atoms with Crippen molar-refractivity contribution in [2.75, 3.05) is 0 Å². The normalized spacial score (nSPS) is 12.9. The fraction of sp³-hybridized carbons (Fsp3) is 0.846. The van der Waals surface area contributed by atoms with Crippen molar-refractivity contribution in [1.82, 2.24) is 0 Å². The van der Waals surface area contributed by atoms with Gasteiger partial charge in [0.05, 0.1) is 0 Å². The molecule has 2 heteroatoms. The van der Waals surface area contributed by atoms with Gasteiger partial charge in [-0.3, -0.25) is 0 Å². The molecule has 0 N–H and O–H groups in total. The van der Waals surface area contributed by atoms with E-state index >= 15 is 0 Å². The molecule has 0 rings (SSSR count). The maximum absolute atomic E-state index is 3.50. The monoisotopic (exact) mass is 222 g/mol. The summed E-state index contributed by atoms with van der Waals surface area (Å²) in [4.78, 5) is 0. The zero-order valence-corrected chi connectivity index (χ0v) is 12.3. The third kappa shape index (κ3) is 10.1. The summed E-state index contributed by atoms with van der Waals surface area (Å²) in [6, 6.07) is 0. The van der Waals surface area contributed by atoms with E-state index in [1.165, 1.54) is 39.2 Å². The minimum atomic E-state index is -1.15. The fourth-order valence-electron chi connectivity index (χ4n) is 1.51. The molecule has 15 heavy (non-hydrogen) atoms. The van der Waals surface area contributed by atoms with Crippen LogP contribution in [-0.2, 0) is 0 Å². The van der Waals surface area contributed by atoms with Gasteiger partial charge in [-0.25, -0.2) is 0 Å². The highest BCUT2D eigenvalue weighted by molar-refractivity contribution is 6.83. The second kappa shape index (κ2) is 8.05. The molecule has 0 saturated carbocycles. The van der Waals surface area contributed by atoms with Crippen LogP contribution < -0.4 is 0 Å². The molecule has 0 spiro atoms. The van der Waals surface area contributed by atoms with E-state index in [4.69, 9.17) is 0 Å². The smallest absolute Gasteiger partial charge is 0.129 e. The molecule has 0 saturated heterocycles. The van der Waals surface area contributed by atoms with Crippen LogP contribution in [0.4, 0.5) is 0 Å². The van der Waals surface area contributed by atoms with Gasteiger partial charge < -0.3 is 0 Å². The average Bonchev–Trinajstić information content (AvgIpc) is 2.15. The molecule has 0 amide bonds. The minimum Gasteiger partial charge on any atom is -0.132 e. The average molecular weight is 222 g/mol. The lowest BCUT2D eigenvalue weighted by Crippen LogP contribution is -2.17. The predicted molar refractivity (Wildman–Crippen MR) is 76.6 cm³/mol. The van der Waals surface area contributed by atoms with E-state index in [9.17, 15) is 0 Å². The first-order chi connectivity index (χ1) is 6.99. The molecular weight excluding hydrogens is 195 g/mol. The first-order valence-electron chi connectivity index (χ1n) is 6.52. The summed E-state index contributed by atoms with van der Waals surface area (Å²) in [5, 5.41) is 0. The van der Waals surface area contributed by atoms with E-state index in [0.29, 0.717) is 5.92 Å². The topological polar surface area (TPSA) is 0 Å². The maximum atomic E-state index is 3.50. The number of hydrogen-bond acceptors (Lipinski definition) is 0. The molecule has 0 radical (unpaired) electrons. The van der Waals surface area contributed by atoms with E-state index in [2.05, 4.69) is 45.0 Å². The molecule has 0 nitrogen and oxygen atoms in total. The molecule has 0 heterocycles. The van der Waals surface area contributed by atoms with Crippen molar-refractivity contribution in [3.05, 3.63) is 0 Å². The molecule has 0 aromatic carbocycles. The third-order valence-electron chi connectivity index (χ3n) is 2.55. The van der Waals surface area contributed by atoms with Crippen LogP contribution in [0.2, 0.25) is 32.3 Å². The lowest BCUT2D eigenvalue weighted by atomic mass is 9.65. The van der Waals surface area contributed by atoms with Gasteiger partial charge in [0.2, 0.25) is 0 Å². The van der Waals surface area contributed by atoms with Crippen molar-refractivity contribution in [3.63, 3.8) is 0 Å². The van der Waals surface area contributed by atoms with Crippen molar-refractivity contribution in [1.29, 1.82) is 0 Å². The van der Waals surface area contributed by atoms with Gasteiger partial charge in [-0.1, -0.05) is 59.0 Å². The van der Waals surface area contributed by atoms with Gasteiger partial charge in [0.15, 0.2) is 0 Å². The van der Waals surface area contributed by atoms with Crippen molar-refractivity contribution < 1.29 is 0 Å². The van der Waals surface area contributed by atoms with Gasteiger partial charge in [-0.15, -0.1) is 11.5 Å². The van der Waals surface area contributed by atoms with E-state index in [1.54, 1.807) is 0 Å². The van der Waals surface area contributed by atoms with Crippen LogP contribution >= 0.6 is 0 Å². The summed E-state index contributed by atoms with van der Waals surface area (Å²) < 4.78 is 0. The van der Waals surface area contributed by atoms with Gasteiger partial charge >= 0.3 is 0 Å². The Morgan fingerprint density at radius 2 is 1.87 bits per heavy atom. The summed E-state index contributed by atoms with van der Waals surface area (Å²) in [7, 11) is 0.216. The van der Waals surface area contributed by atoms with Crippen molar-refractivity contribution in [2.24, 2.45) is 5.92 Å². The summed E-state index contributed by atoms with van der Waals surface area (Å²) in [5.74, 6) is 4.16. The molecule has 1 atom stereocenters. The highest BCUT2D eigenvalue weighted by Gasteiger charge is 2.09. The van der Waals surface area contributed by atoms with Gasteiger partial charge in [0.1, 0.15) is 15.4 Å². The molecule has 0 aliphatic carbocycles. The van der Waals surface area contributed by atoms with Gasteiger partial charge in [-0.2, -0.15) is 0 Å². The van der Waals surface area contributed by atoms with Crippen LogP contribution in [0.15, 0.2) is 0 Å². The summed E-state index contributed by atoms with van der Waals surface area (Å²) in [6.45, 7) is 11.5. The fourth-order valence-corrected chi connectivity index (χ4v) is 2.15. The van der Waals surface area contributed by atoms with Crippen LogP contribution in [0.1, 0.15) is 33.1 Å². The minimum absolute atomic E-state index is 0.661. The largest absolute Gasteiger partial charge is 0.132 e. The van der Waals surface area contributed by atoms with E-state index < -0.39 is 8.07 Å². The van der Waals surface area contributed by atoms with Gasteiger partial charge in [-0.05, 0) is 6.42 Å². The first kappa shape index (κ1) is 14.8. The Bertz CT molecular complexity index is 207. The van der Waals surface area contributed by atoms with Crippen LogP contribution in [0.5, 0.6) is 0 Å². The van der Waals surface area contributed by atoms with Crippen molar-refractivity contribution >= 4 is 15.4 Å². The van der Waals surface area contributed by atoms with Crippen LogP contribution in [0.3, 0.4) is 0 Å². The third-order valence-corrected chi connectivity index (χ3v) is 3.44. The second-order valence-corrected chi connectivity index (χ2v) is 10.2. The maximum Gasteiger partial charge on any atom is 0.129 e. The Balaban J connectivity index is 3.86. The standard InChI is InChI=1S/C13H27BSi/c1-6-8-10-14-12-13(7-2)9-11-15(3,4)5/h13-14H,6-8,10,12H2,1-5H3.